The van der Waals surface area contributed by atoms with Crippen LogP contribution in [0.1, 0.15) is 0 Å². The van der Waals surface area contributed by atoms with Gasteiger partial charge in [0, 0.05) is 11.6 Å². The molecule has 0 fully saturated rings. The van der Waals surface area contributed by atoms with E-state index in [1.54, 1.807) is 0 Å². The van der Waals surface area contributed by atoms with Crippen LogP contribution in [0.2, 0.25) is 0 Å². The third kappa shape index (κ3) is 3.65. The number of aromatic hydroxyl groups is 2. The van der Waals surface area contributed by atoms with Gasteiger partial charge in [0.2, 0.25) is 16.9 Å². The molecule has 0 spiro atoms. The number of hydrogen-bond donors (Lipinski definition) is 3. The molecule has 0 saturated heterocycles. The topological polar surface area (TPSA) is 162 Å². The van der Waals surface area contributed by atoms with Crippen LogP contribution in [0.5, 0.6) is 34.5 Å². The molecule has 1 heterocycles. The molecule has 30 heavy (non-hydrogen) atoms. The SMILES string of the molecule is COc1cc(-c2oc3cc(O)c(OC)c(O)c3c(=O)c2OC)ccc1OS(=O)(=O)O. The minimum Gasteiger partial charge on any atom is -0.504 e. The second-order valence-corrected chi connectivity index (χ2v) is 6.84. The number of methoxy groups -OCH3 is 3. The van der Waals surface area contributed by atoms with Gasteiger partial charge in [-0.1, -0.05) is 0 Å². The van der Waals surface area contributed by atoms with E-state index in [0.717, 1.165) is 12.1 Å². The number of hydrogen-bond acceptors (Lipinski definition) is 10. The molecule has 160 valence electrons. The number of phenols is 2. The molecule has 0 radical (unpaired) electrons. The molecule has 1 aromatic heterocycles. The van der Waals surface area contributed by atoms with Gasteiger partial charge in [-0.3, -0.25) is 9.35 Å². The van der Waals surface area contributed by atoms with Gasteiger partial charge in [-0.2, -0.15) is 8.42 Å². The number of ether oxygens (including phenoxy) is 3. The first-order valence-corrected chi connectivity index (χ1v) is 9.46. The molecule has 0 unspecified atom stereocenters. The monoisotopic (exact) mass is 440 g/mol. The Hall–Kier alpha value is -3.64. The Bertz CT molecular complexity index is 1290. The third-order valence-electron chi connectivity index (χ3n) is 4.08. The Morgan fingerprint density at radius 3 is 2.17 bits per heavy atom. The first kappa shape index (κ1) is 21.1. The Morgan fingerprint density at radius 1 is 0.933 bits per heavy atom. The zero-order chi connectivity index (χ0) is 22.2. The minimum atomic E-state index is -4.80. The largest absolute Gasteiger partial charge is 0.504 e. The highest BCUT2D eigenvalue weighted by atomic mass is 32.3. The standard InChI is InChI=1S/C18H16O11S/c1-25-11-6-8(4-5-10(11)29-30(22,23)24)16-18(27-3)15(21)13-12(28-16)7-9(19)17(26-2)14(13)20/h4-7,19-20H,1-3H3,(H,22,23,24). The maximum absolute atomic E-state index is 12.9. The average molecular weight is 440 g/mol. The smallest absolute Gasteiger partial charge is 0.446 e. The van der Waals surface area contributed by atoms with E-state index in [1.165, 1.54) is 33.5 Å². The summed E-state index contributed by atoms with van der Waals surface area (Å²) in [5.41, 5.74) is -0.703. The van der Waals surface area contributed by atoms with E-state index in [4.69, 9.17) is 23.2 Å². The second-order valence-electron chi connectivity index (χ2n) is 5.82. The summed E-state index contributed by atoms with van der Waals surface area (Å²) in [5.74, 6) is -2.19. The van der Waals surface area contributed by atoms with Crippen molar-refractivity contribution in [1.82, 2.24) is 0 Å². The Kier molecular flexibility index (Phi) is 5.37. The van der Waals surface area contributed by atoms with Gasteiger partial charge in [0.05, 0.1) is 21.3 Å². The summed E-state index contributed by atoms with van der Waals surface area (Å²) in [6, 6.07) is 4.84. The highest BCUT2D eigenvalue weighted by Gasteiger charge is 2.24. The summed E-state index contributed by atoms with van der Waals surface area (Å²) in [7, 11) is -1.15. The van der Waals surface area contributed by atoms with Crippen molar-refractivity contribution < 1.29 is 46.0 Å². The Labute approximate surface area is 169 Å². The molecular weight excluding hydrogens is 424 g/mol. The predicted octanol–water partition coefficient (Wildman–Crippen LogP) is 2.08. The van der Waals surface area contributed by atoms with Crippen molar-refractivity contribution in [2.75, 3.05) is 21.3 Å². The third-order valence-corrected chi connectivity index (χ3v) is 4.47. The normalized spacial score (nSPS) is 11.3. The lowest BCUT2D eigenvalue weighted by Gasteiger charge is -2.13. The Balaban J connectivity index is 2.30. The highest BCUT2D eigenvalue weighted by Crippen LogP contribution is 2.44. The summed E-state index contributed by atoms with van der Waals surface area (Å²) in [5, 5.41) is 20.0. The van der Waals surface area contributed by atoms with Gasteiger partial charge in [-0.25, -0.2) is 0 Å². The van der Waals surface area contributed by atoms with Gasteiger partial charge in [-0.15, -0.1) is 0 Å². The summed E-state index contributed by atoms with van der Waals surface area (Å²) in [6.45, 7) is 0. The summed E-state index contributed by atoms with van der Waals surface area (Å²) >= 11 is 0. The van der Waals surface area contributed by atoms with Crippen LogP contribution < -0.4 is 23.8 Å². The summed E-state index contributed by atoms with van der Waals surface area (Å²) in [6.07, 6.45) is 0. The molecule has 2 aromatic carbocycles. The molecule has 0 aliphatic heterocycles. The predicted molar refractivity (Wildman–Crippen MR) is 103 cm³/mol. The van der Waals surface area contributed by atoms with Crippen LogP contribution in [0, 0.1) is 0 Å². The molecule has 3 aromatic rings. The van der Waals surface area contributed by atoms with Gasteiger partial charge in [0.25, 0.3) is 0 Å². The second kappa shape index (κ2) is 7.65. The quantitative estimate of drug-likeness (QED) is 0.481. The van der Waals surface area contributed by atoms with Crippen molar-refractivity contribution in [2.24, 2.45) is 0 Å². The first-order chi connectivity index (χ1) is 14.1. The van der Waals surface area contributed by atoms with Crippen LogP contribution in [0.25, 0.3) is 22.3 Å². The van der Waals surface area contributed by atoms with Crippen molar-refractivity contribution >= 4 is 21.4 Å². The van der Waals surface area contributed by atoms with Crippen molar-refractivity contribution in [3.8, 4) is 45.8 Å². The fraction of sp³-hybridized carbons (Fsp3) is 0.167. The zero-order valence-corrected chi connectivity index (χ0v) is 16.6. The number of phenolic OH excluding ortho intramolecular Hbond substituents is 2. The van der Waals surface area contributed by atoms with Crippen LogP contribution in [0.15, 0.2) is 33.5 Å². The summed E-state index contributed by atoms with van der Waals surface area (Å²) < 4.78 is 56.0. The lowest BCUT2D eigenvalue weighted by molar-refractivity contribution is 0.345. The van der Waals surface area contributed by atoms with E-state index >= 15 is 0 Å². The minimum absolute atomic E-state index is 0.101. The Morgan fingerprint density at radius 2 is 1.60 bits per heavy atom. The fourth-order valence-electron chi connectivity index (χ4n) is 2.85. The van der Waals surface area contributed by atoms with Crippen molar-refractivity contribution in [1.29, 1.82) is 0 Å². The van der Waals surface area contributed by atoms with Crippen LogP contribution in [0.3, 0.4) is 0 Å². The van der Waals surface area contributed by atoms with E-state index < -0.39 is 27.3 Å². The van der Waals surface area contributed by atoms with Crippen molar-refractivity contribution in [2.45, 2.75) is 0 Å². The van der Waals surface area contributed by atoms with Crippen LogP contribution in [0.4, 0.5) is 0 Å². The molecule has 0 amide bonds. The number of benzene rings is 2. The molecule has 0 aliphatic rings. The van der Waals surface area contributed by atoms with Gasteiger partial charge < -0.3 is 33.0 Å². The van der Waals surface area contributed by atoms with E-state index in [2.05, 4.69) is 4.18 Å². The maximum atomic E-state index is 12.9. The molecule has 12 heteroatoms. The van der Waals surface area contributed by atoms with Crippen LogP contribution in [-0.2, 0) is 10.4 Å². The van der Waals surface area contributed by atoms with Gasteiger partial charge >= 0.3 is 10.4 Å². The number of fused-ring (bicyclic) bond motifs is 1. The van der Waals surface area contributed by atoms with E-state index in [1.807, 2.05) is 0 Å². The van der Waals surface area contributed by atoms with Crippen molar-refractivity contribution in [3.63, 3.8) is 0 Å². The van der Waals surface area contributed by atoms with Gasteiger partial charge in [-0.05, 0) is 18.2 Å². The molecule has 0 aliphatic carbocycles. The fourth-order valence-corrected chi connectivity index (χ4v) is 3.22. The molecular formula is C18H16O11S. The van der Waals surface area contributed by atoms with Gasteiger partial charge in [0.1, 0.15) is 11.0 Å². The van der Waals surface area contributed by atoms with E-state index in [0.29, 0.717) is 0 Å². The maximum Gasteiger partial charge on any atom is 0.446 e. The van der Waals surface area contributed by atoms with Crippen LogP contribution in [-0.4, -0.2) is 44.5 Å². The van der Waals surface area contributed by atoms with E-state index in [-0.39, 0.29) is 45.3 Å². The lowest BCUT2D eigenvalue weighted by Crippen LogP contribution is -2.09. The molecule has 0 bridgehead atoms. The molecule has 3 N–H and O–H groups in total. The zero-order valence-electron chi connectivity index (χ0n) is 15.8. The lowest BCUT2D eigenvalue weighted by atomic mass is 10.1. The molecule has 3 rings (SSSR count). The highest BCUT2D eigenvalue weighted by molar-refractivity contribution is 7.81. The van der Waals surface area contributed by atoms with Crippen molar-refractivity contribution in [3.05, 3.63) is 34.5 Å². The van der Waals surface area contributed by atoms with E-state index in [9.17, 15) is 23.4 Å². The van der Waals surface area contributed by atoms with Crippen LogP contribution >= 0.6 is 0 Å². The van der Waals surface area contributed by atoms with Gasteiger partial charge in [0.15, 0.2) is 28.8 Å². The summed E-state index contributed by atoms with van der Waals surface area (Å²) in [4.78, 5) is 12.9. The number of rotatable bonds is 6. The first-order valence-electron chi connectivity index (χ1n) is 8.10. The average Bonchev–Trinajstić information content (AvgIpc) is 2.66. The molecule has 0 atom stereocenters. The molecule has 11 nitrogen and oxygen atoms in total. The molecule has 0 saturated carbocycles.